The summed E-state index contributed by atoms with van der Waals surface area (Å²) < 4.78 is 6.47. The highest BCUT2D eigenvalue weighted by Crippen LogP contribution is 2.78. The number of ether oxygens (including phenoxy) is 1. The summed E-state index contributed by atoms with van der Waals surface area (Å²) in [7, 11) is 0. The summed E-state index contributed by atoms with van der Waals surface area (Å²) in [5.74, 6) is 1.39. The molecule has 0 unspecified atom stereocenters. The Hall–Kier alpha value is -3.13. The number of hydrogen-bond acceptors (Lipinski definition) is 5. The standard InChI is InChI=1S/C51H70ClN3O5/c1-29(2)32-17-22-51(45(59)55-25-11-14-37(55)42-53-28-36(54-42)30-12-10-13-31(52)26-30)24-23-49(8)33(41(32)51)15-16-39-48(7)20-19-40(47(5,6)38(48)18-21-50(39,49)9)60-44(58)35-27-34(43(56)57)46(35,3)4/h10,12-13,26,28,32-35,37-41H,1,11,14-25,27H2,2-9H3,(H,53,54)(H,56,57)/t32-,33+,34-,35+,37-,38-,39+,40-,41+,48-,49+,50+,51-/m0/s1. The van der Waals surface area contributed by atoms with Gasteiger partial charge in [0.2, 0.25) is 5.91 Å². The number of esters is 1. The summed E-state index contributed by atoms with van der Waals surface area (Å²) in [4.78, 5) is 51.8. The number of carboxylic acids is 1. The molecule has 2 aromatic rings. The van der Waals surface area contributed by atoms with Gasteiger partial charge < -0.3 is 19.7 Å². The molecule has 6 saturated carbocycles. The normalized spacial score (nSPS) is 42.5. The molecule has 1 aliphatic heterocycles. The summed E-state index contributed by atoms with van der Waals surface area (Å²) in [5, 5.41) is 10.4. The molecule has 1 saturated heterocycles. The Morgan fingerprint density at radius 3 is 2.35 bits per heavy atom. The molecule has 1 aromatic carbocycles. The van der Waals surface area contributed by atoms with Crippen molar-refractivity contribution in [1.29, 1.82) is 0 Å². The lowest BCUT2D eigenvalue weighted by Gasteiger charge is -2.73. The molecular formula is C51H70ClN3O5. The van der Waals surface area contributed by atoms with Crippen molar-refractivity contribution in [3.8, 4) is 11.3 Å². The quantitative estimate of drug-likeness (QED) is 0.212. The third-order valence-electron chi connectivity index (χ3n) is 20.1. The lowest BCUT2D eigenvalue weighted by atomic mass is 9.32. The zero-order chi connectivity index (χ0) is 42.9. The van der Waals surface area contributed by atoms with Crippen LogP contribution in [0.1, 0.15) is 151 Å². The molecule has 7 fully saturated rings. The third kappa shape index (κ3) is 5.86. The molecule has 8 nitrogen and oxygen atoms in total. The second-order valence-electron chi connectivity index (χ2n) is 23.0. The van der Waals surface area contributed by atoms with Gasteiger partial charge in [0.15, 0.2) is 0 Å². The zero-order valence-electron chi connectivity index (χ0n) is 37.5. The van der Waals surface area contributed by atoms with Crippen LogP contribution in [0.3, 0.4) is 0 Å². The molecule has 60 heavy (non-hydrogen) atoms. The van der Waals surface area contributed by atoms with Gasteiger partial charge in [0.1, 0.15) is 11.9 Å². The number of amides is 1. The number of carbonyl (C=O) groups excluding carboxylic acids is 2. The number of allylic oxidation sites excluding steroid dienone is 1. The predicted molar refractivity (Wildman–Crippen MR) is 235 cm³/mol. The Balaban J connectivity index is 0.967. The second kappa shape index (κ2) is 14.2. The molecule has 9 rings (SSSR count). The monoisotopic (exact) mass is 840 g/mol. The number of fused-ring (bicyclic) bond motifs is 7. The summed E-state index contributed by atoms with van der Waals surface area (Å²) in [6, 6.07) is 7.79. The maximum Gasteiger partial charge on any atom is 0.309 e. The minimum absolute atomic E-state index is 0.0549. The molecule has 13 atom stereocenters. The fourth-order valence-electron chi connectivity index (χ4n) is 16.6. The van der Waals surface area contributed by atoms with E-state index in [1.807, 2.05) is 44.3 Å². The molecule has 9 heteroatoms. The van der Waals surface area contributed by atoms with Crippen molar-refractivity contribution in [3.63, 3.8) is 0 Å². The first-order valence-electron chi connectivity index (χ1n) is 23.4. The average molecular weight is 841 g/mol. The van der Waals surface area contributed by atoms with Gasteiger partial charge in [-0.3, -0.25) is 14.4 Å². The highest BCUT2D eigenvalue weighted by Gasteiger charge is 2.72. The van der Waals surface area contributed by atoms with Crippen LogP contribution < -0.4 is 0 Å². The molecule has 0 spiro atoms. The van der Waals surface area contributed by atoms with E-state index in [1.165, 1.54) is 12.0 Å². The lowest BCUT2D eigenvalue weighted by molar-refractivity contribution is -0.251. The molecule has 1 amide bonds. The van der Waals surface area contributed by atoms with Gasteiger partial charge in [-0.25, -0.2) is 4.98 Å². The molecule has 0 radical (unpaired) electrons. The Kier molecular flexibility index (Phi) is 9.98. The number of nitrogens with zero attached hydrogens (tertiary/aromatic N) is 2. The van der Waals surface area contributed by atoms with Crippen molar-refractivity contribution >= 4 is 29.4 Å². The number of benzene rings is 1. The zero-order valence-corrected chi connectivity index (χ0v) is 38.3. The number of carbonyl (C=O) groups is 3. The van der Waals surface area contributed by atoms with Crippen LogP contribution in [0.15, 0.2) is 42.6 Å². The summed E-state index contributed by atoms with van der Waals surface area (Å²) in [6.07, 6.45) is 14.4. The van der Waals surface area contributed by atoms with Crippen LogP contribution in [0, 0.1) is 73.9 Å². The highest BCUT2D eigenvalue weighted by molar-refractivity contribution is 6.30. The second-order valence-corrected chi connectivity index (χ2v) is 23.4. The number of aliphatic carboxylic acids is 1. The fraction of sp³-hybridized carbons (Fsp3) is 0.725. The SMILES string of the molecule is C=C(C)[C@@H]1CC[C@]2(C(=O)N3CCC[C@H]3c3ncc(-c4cccc(Cl)c4)[nH]3)CC[C@]3(C)[C@H](CC[C@@H]4[C@@]5(C)CC[C@H](OC(=O)[C@H]6C[C@@H](C(=O)O)C6(C)C)C(C)(C)[C@@H]5CC[C@]43C)[C@@H]12. The Morgan fingerprint density at radius 2 is 1.65 bits per heavy atom. The van der Waals surface area contributed by atoms with Crippen LogP contribution in [-0.2, 0) is 19.1 Å². The first-order chi connectivity index (χ1) is 28.2. The number of nitrogens with one attached hydrogen (secondary N) is 1. The molecule has 2 heterocycles. The van der Waals surface area contributed by atoms with E-state index < -0.39 is 17.3 Å². The number of aromatic amines is 1. The highest BCUT2D eigenvalue weighted by atomic mass is 35.5. The topological polar surface area (TPSA) is 113 Å². The van der Waals surface area contributed by atoms with Crippen molar-refractivity contribution in [3.05, 3.63) is 53.5 Å². The van der Waals surface area contributed by atoms with Gasteiger partial charge >= 0.3 is 11.9 Å². The van der Waals surface area contributed by atoms with Gasteiger partial charge in [-0.15, -0.1) is 0 Å². The van der Waals surface area contributed by atoms with Crippen molar-refractivity contribution < 1.29 is 24.2 Å². The molecule has 2 N–H and O–H groups in total. The largest absolute Gasteiger partial charge is 0.481 e. The smallest absolute Gasteiger partial charge is 0.309 e. The number of halogens is 1. The number of imidazole rings is 1. The van der Waals surface area contributed by atoms with Gasteiger partial charge in [0.05, 0.1) is 35.2 Å². The van der Waals surface area contributed by atoms with Crippen LogP contribution in [0.25, 0.3) is 11.3 Å². The van der Waals surface area contributed by atoms with E-state index >= 15 is 4.79 Å². The van der Waals surface area contributed by atoms with Crippen LogP contribution >= 0.6 is 11.6 Å². The number of hydrogen-bond donors (Lipinski definition) is 2. The molecule has 1 aromatic heterocycles. The summed E-state index contributed by atoms with van der Waals surface area (Å²) >= 11 is 6.35. The predicted octanol–water partition coefficient (Wildman–Crippen LogP) is 11.7. The number of carboxylic acid groups (broad SMARTS) is 1. The van der Waals surface area contributed by atoms with Crippen LogP contribution in [0.2, 0.25) is 5.02 Å². The lowest BCUT2D eigenvalue weighted by Crippen LogP contribution is -2.67. The van der Waals surface area contributed by atoms with Gasteiger partial charge in [-0.05, 0) is 154 Å². The minimum atomic E-state index is -0.820. The number of likely N-dealkylation sites (tertiary alicyclic amines) is 1. The maximum atomic E-state index is 15.6. The van der Waals surface area contributed by atoms with Crippen molar-refractivity contribution in [2.24, 2.45) is 73.9 Å². The van der Waals surface area contributed by atoms with Crippen molar-refractivity contribution in [2.45, 2.75) is 151 Å². The molecular weight excluding hydrogens is 770 g/mol. The van der Waals surface area contributed by atoms with E-state index in [-0.39, 0.29) is 57.0 Å². The maximum absolute atomic E-state index is 15.6. The van der Waals surface area contributed by atoms with Gasteiger partial charge in [0.25, 0.3) is 0 Å². The van der Waals surface area contributed by atoms with Crippen LogP contribution in [-0.4, -0.2) is 50.5 Å². The van der Waals surface area contributed by atoms with Gasteiger partial charge in [-0.2, -0.15) is 0 Å². The average Bonchev–Trinajstić information content (AvgIpc) is 3.95. The van der Waals surface area contributed by atoms with E-state index in [9.17, 15) is 14.7 Å². The van der Waals surface area contributed by atoms with Crippen molar-refractivity contribution in [1.82, 2.24) is 14.9 Å². The van der Waals surface area contributed by atoms with E-state index in [4.69, 9.17) is 21.3 Å². The first kappa shape index (κ1) is 42.2. The van der Waals surface area contributed by atoms with Crippen LogP contribution in [0.5, 0.6) is 0 Å². The van der Waals surface area contributed by atoms with E-state index in [0.29, 0.717) is 41.0 Å². The summed E-state index contributed by atoms with van der Waals surface area (Å²) in [5.41, 5.74) is 2.34. The van der Waals surface area contributed by atoms with E-state index in [0.717, 1.165) is 94.3 Å². The number of aromatic nitrogens is 2. The van der Waals surface area contributed by atoms with Crippen LogP contribution in [0.4, 0.5) is 0 Å². The first-order valence-corrected chi connectivity index (χ1v) is 23.8. The number of H-pyrrole nitrogens is 1. The molecule has 7 aliphatic rings. The summed E-state index contributed by atoms with van der Waals surface area (Å²) in [6.45, 7) is 24.0. The van der Waals surface area contributed by atoms with Gasteiger partial charge in [0, 0.05) is 22.5 Å². The third-order valence-corrected chi connectivity index (χ3v) is 20.3. The fourth-order valence-corrected chi connectivity index (χ4v) is 16.7. The Bertz CT molecular complexity index is 2090. The van der Waals surface area contributed by atoms with Gasteiger partial charge in [-0.1, -0.05) is 84.4 Å². The molecule has 326 valence electrons. The van der Waals surface area contributed by atoms with Crippen molar-refractivity contribution in [2.75, 3.05) is 6.54 Å². The number of rotatable bonds is 7. The molecule has 0 bridgehead atoms. The Labute approximate surface area is 363 Å². The van der Waals surface area contributed by atoms with E-state index in [2.05, 4.69) is 58.0 Å². The molecule has 6 aliphatic carbocycles. The Morgan fingerprint density at radius 1 is 0.883 bits per heavy atom. The minimum Gasteiger partial charge on any atom is -0.481 e. The van der Waals surface area contributed by atoms with E-state index in [1.54, 1.807) is 0 Å².